The van der Waals surface area contributed by atoms with Gasteiger partial charge in [0.2, 0.25) is 5.89 Å². The van der Waals surface area contributed by atoms with Crippen LogP contribution in [0.5, 0.6) is 0 Å². The minimum atomic E-state index is -0.443. The van der Waals surface area contributed by atoms with Crippen molar-refractivity contribution >= 4 is 24.3 Å². The number of nitrogens with zero attached hydrogens (tertiary/aromatic N) is 5. The topological polar surface area (TPSA) is 93.4 Å². The lowest BCUT2D eigenvalue weighted by molar-refractivity contribution is -0.163. The van der Waals surface area contributed by atoms with Crippen molar-refractivity contribution in [2.24, 2.45) is 5.92 Å². The summed E-state index contributed by atoms with van der Waals surface area (Å²) in [4.78, 5) is 25.3. The lowest BCUT2D eigenvalue weighted by Crippen LogP contribution is -2.44. The van der Waals surface area contributed by atoms with Gasteiger partial charge in [-0.15, -0.1) is 4.33 Å². The maximum Gasteiger partial charge on any atom is 0.410 e. The SMILES string of the molecule is COOSN1CCN(c2noc(CCCC3CCN(C(=O)OC(C)(C)C)CC3)n2)CC1. The second-order valence-corrected chi connectivity index (χ2v) is 9.82. The Hall–Kier alpha value is -1.56. The number of hydrogen-bond donors (Lipinski definition) is 0. The number of piperazine rings is 1. The molecule has 0 radical (unpaired) electrons. The highest BCUT2D eigenvalue weighted by Crippen LogP contribution is 2.24. The number of ether oxygens (including phenoxy) is 1. The number of aromatic nitrogens is 2. The molecule has 2 aliphatic heterocycles. The van der Waals surface area contributed by atoms with Crippen LogP contribution < -0.4 is 4.90 Å². The predicted octanol–water partition coefficient (Wildman–Crippen LogP) is 3.30. The fourth-order valence-electron chi connectivity index (χ4n) is 3.78. The quantitative estimate of drug-likeness (QED) is 0.250. The third kappa shape index (κ3) is 7.81. The standard InChI is InChI=1S/C20H35N5O5S/c1-20(2,3)28-19(26)24-10-8-16(9-11-24)6-5-7-17-21-18(22-29-17)23-12-14-25(15-13-23)31-30-27-4/h16H,5-15H2,1-4H3. The molecule has 31 heavy (non-hydrogen) atoms. The number of likely N-dealkylation sites (tertiary alicyclic amines) is 1. The first kappa shape index (κ1) is 24.1. The highest BCUT2D eigenvalue weighted by atomic mass is 32.2. The van der Waals surface area contributed by atoms with Crippen molar-refractivity contribution in [3.8, 4) is 0 Å². The largest absolute Gasteiger partial charge is 0.444 e. The van der Waals surface area contributed by atoms with Gasteiger partial charge in [0.1, 0.15) is 17.8 Å². The first-order chi connectivity index (χ1) is 14.8. The van der Waals surface area contributed by atoms with Crippen molar-refractivity contribution < 1.29 is 23.3 Å². The molecule has 3 rings (SSSR count). The van der Waals surface area contributed by atoms with E-state index in [1.807, 2.05) is 25.7 Å². The molecule has 0 aliphatic carbocycles. The molecule has 2 aliphatic rings. The van der Waals surface area contributed by atoms with E-state index in [9.17, 15) is 4.79 Å². The van der Waals surface area contributed by atoms with Crippen molar-refractivity contribution in [1.82, 2.24) is 19.3 Å². The van der Waals surface area contributed by atoms with E-state index < -0.39 is 5.60 Å². The summed E-state index contributed by atoms with van der Waals surface area (Å²) in [5.41, 5.74) is -0.443. The maximum atomic E-state index is 12.2. The third-order valence-corrected chi connectivity index (χ3v) is 6.22. The van der Waals surface area contributed by atoms with Gasteiger partial charge in [0.15, 0.2) is 0 Å². The van der Waals surface area contributed by atoms with Crippen LogP contribution in [0.4, 0.5) is 10.7 Å². The van der Waals surface area contributed by atoms with Gasteiger partial charge in [-0.3, -0.25) is 0 Å². The van der Waals surface area contributed by atoms with Crippen molar-refractivity contribution in [3.05, 3.63) is 5.89 Å². The first-order valence-corrected chi connectivity index (χ1v) is 11.7. The number of piperidine rings is 1. The highest BCUT2D eigenvalue weighted by molar-refractivity contribution is 7.92. The Bertz CT molecular complexity index is 682. The molecule has 0 atom stereocenters. The zero-order valence-corrected chi connectivity index (χ0v) is 19.9. The van der Waals surface area contributed by atoms with Gasteiger partial charge in [-0.05, 0) is 57.5 Å². The van der Waals surface area contributed by atoms with Crippen LogP contribution in [0.2, 0.25) is 0 Å². The molecule has 1 aromatic heterocycles. The van der Waals surface area contributed by atoms with Crippen molar-refractivity contribution in [3.63, 3.8) is 0 Å². The van der Waals surface area contributed by atoms with Crippen LogP contribution in [0.1, 0.15) is 52.3 Å². The van der Waals surface area contributed by atoms with Crippen LogP contribution in [0, 0.1) is 5.92 Å². The second-order valence-electron chi connectivity index (χ2n) is 9.02. The van der Waals surface area contributed by atoms with Gasteiger partial charge >= 0.3 is 6.09 Å². The summed E-state index contributed by atoms with van der Waals surface area (Å²) < 4.78 is 17.9. The van der Waals surface area contributed by atoms with Crippen LogP contribution in [-0.4, -0.2) is 77.4 Å². The van der Waals surface area contributed by atoms with Crippen molar-refractivity contribution in [2.45, 2.75) is 58.5 Å². The molecule has 0 unspecified atom stereocenters. The molecule has 11 heteroatoms. The molecule has 0 aromatic carbocycles. The molecule has 1 amide bonds. The van der Waals surface area contributed by atoms with E-state index >= 15 is 0 Å². The number of amides is 1. The Morgan fingerprint density at radius 3 is 2.52 bits per heavy atom. The molecule has 2 fully saturated rings. The van der Waals surface area contributed by atoms with E-state index in [2.05, 4.69) is 24.2 Å². The fraction of sp³-hybridized carbons (Fsp3) is 0.850. The Morgan fingerprint density at radius 1 is 1.16 bits per heavy atom. The van der Waals surface area contributed by atoms with Crippen LogP contribution in [-0.2, 0) is 20.4 Å². The lowest BCUT2D eigenvalue weighted by atomic mass is 9.92. The van der Waals surface area contributed by atoms with Gasteiger partial charge in [0.25, 0.3) is 5.95 Å². The maximum absolute atomic E-state index is 12.2. The molecule has 0 spiro atoms. The summed E-state index contributed by atoms with van der Waals surface area (Å²) >= 11 is 1.22. The fourth-order valence-corrected chi connectivity index (χ4v) is 4.24. The van der Waals surface area contributed by atoms with Gasteiger partial charge in [0, 0.05) is 45.7 Å². The summed E-state index contributed by atoms with van der Waals surface area (Å²) in [6.07, 6.45) is 4.74. The average molecular weight is 458 g/mol. The molecule has 0 saturated carbocycles. The number of hydrogen-bond acceptors (Lipinski definition) is 10. The van der Waals surface area contributed by atoms with E-state index in [0.717, 1.165) is 71.4 Å². The monoisotopic (exact) mass is 457 g/mol. The van der Waals surface area contributed by atoms with Gasteiger partial charge in [-0.25, -0.2) is 14.0 Å². The van der Waals surface area contributed by atoms with Gasteiger partial charge < -0.3 is 19.1 Å². The zero-order chi connectivity index (χ0) is 22.3. The predicted molar refractivity (Wildman–Crippen MR) is 117 cm³/mol. The lowest BCUT2D eigenvalue weighted by Gasteiger charge is -2.33. The summed E-state index contributed by atoms with van der Waals surface area (Å²) in [6.45, 7) is 10.5. The highest BCUT2D eigenvalue weighted by Gasteiger charge is 2.27. The van der Waals surface area contributed by atoms with E-state index in [-0.39, 0.29) is 6.09 Å². The molecule has 1 aromatic rings. The van der Waals surface area contributed by atoms with Gasteiger partial charge in [-0.1, -0.05) is 0 Å². The number of anilines is 1. The zero-order valence-electron chi connectivity index (χ0n) is 19.0. The average Bonchev–Trinajstić information content (AvgIpc) is 3.21. The number of aryl methyl sites for hydroxylation is 1. The Kier molecular flexibility index (Phi) is 8.82. The Morgan fingerprint density at radius 2 is 1.87 bits per heavy atom. The van der Waals surface area contributed by atoms with Crippen molar-refractivity contribution in [1.29, 1.82) is 0 Å². The minimum Gasteiger partial charge on any atom is -0.444 e. The summed E-state index contributed by atoms with van der Waals surface area (Å²) in [6, 6.07) is 0. The van der Waals surface area contributed by atoms with Crippen LogP contribution >= 0.6 is 12.2 Å². The molecule has 3 heterocycles. The van der Waals surface area contributed by atoms with Crippen LogP contribution in [0.25, 0.3) is 0 Å². The van der Waals surface area contributed by atoms with Crippen molar-refractivity contribution in [2.75, 3.05) is 51.3 Å². The number of carbonyl (C=O) groups excluding carboxylic acids is 1. The normalized spacial score (nSPS) is 19.1. The van der Waals surface area contributed by atoms with Crippen LogP contribution in [0.15, 0.2) is 4.52 Å². The number of carbonyl (C=O) groups is 1. The Balaban J connectivity index is 1.33. The number of rotatable bonds is 8. The van der Waals surface area contributed by atoms with E-state index in [1.54, 1.807) is 0 Å². The second kappa shape index (κ2) is 11.3. The summed E-state index contributed by atoms with van der Waals surface area (Å²) in [5, 5.41) is 4.15. The molecular weight excluding hydrogens is 422 g/mol. The molecule has 2 saturated heterocycles. The summed E-state index contributed by atoms with van der Waals surface area (Å²) in [5.74, 6) is 1.99. The summed E-state index contributed by atoms with van der Waals surface area (Å²) in [7, 11) is 1.50. The van der Waals surface area contributed by atoms with Crippen LogP contribution in [0.3, 0.4) is 0 Å². The van der Waals surface area contributed by atoms with Gasteiger partial charge in [-0.2, -0.15) is 4.98 Å². The van der Waals surface area contributed by atoms with E-state index in [0.29, 0.717) is 17.8 Å². The Labute approximate surface area is 188 Å². The third-order valence-electron chi connectivity index (χ3n) is 5.45. The molecular formula is C20H35N5O5S. The van der Waals surface area contributed by atoms with Gasteiger partial charge in [0.05, 0.1) is 7.11 Å². The smallest absolute Gasteiger partial charge is 0.410 e. The molecule has 0 bridgehead atoms. The molecule has 10 nitrogen and oxygen atoms in total. The molecule has 0 N–H and O–H groups in total. The minimum absolute atomic E-state index is 0.199. The van der Waals surface area contributed by atoms with E-state index in [4.69, 9.17) is 13.6 Å². The first-order valence-electron chi connectivity index (χ1n) is 11.0. The van der Waals surface area contributed by atoms with E-state index in [1.165, 1.54) is 19.3 Å². The molecule has 176 valence electrons.